The number of aliphatic hydroxyl groups excluding tert-OH is 1. The zero-order chi connectivity index (χ0) is 11.3. The van der Waals surface area contributed by atoms with Crippen LogP contribution in [0.5, 0.6) is 0 Å². The van der Waals surface area contributed by atoms with Crippen molar-refractivity contribution in [3.63, 3.8) is 0 Å². The second-order valence-electron chi connectivity index (χ2n) is 4.49. The number of ether oxygens (including phenoxy) is 2. The van der Waals surface area contributed by atoms with Crippen LogP contribution in [0.15, 0.2) is 11.6 Å². The second-order valence-corrected chi connectivity index (χ2v) is 4.49. The lowest BCUT2D eigenvalue weighted by Gasteiger charge is -2.27. The Labute approximate surface area is 92.1 Å². The van der Waals surface area contributed by atoms with E-state index < -0.39 is 0 Å². The van der Waals surface area contributed by atoms with Gasteiger partial charge in [0.1, 0.15) is 0 Å². The second kappa shape index (κ2) is 5.64. The van der Waals surface area contributed by atoms with E-state index in [1.165, 1.54) is 5.57 Å². The van der Waals surface area contributed by atoms with Crippen molar-refractivity contribution >= 4 is 0 Å². The molecule has 1 rings (SSSR count). The quantitative estimate of drug-likeness (QED) is 0.707. The van der Waals surface area contributed by atoms with E-state index in [0.29, 0.717) is 19.1 Å². The van der Waals surface area contributed by atoms with Crippen LogP contribution in [-0.2, 0) is 9.47 Å². The standard InChI is InChI=1S/C12H22O3/c1-4-10-5-12(8-14-2,9-15-3)6-11(10)7-13/h4,11,13H,5-9H2,1-3H3. The zero-order valence-corrected chi connectivity index (χ0v) is 9.95. The van der Waals surface area contributed by atoms with Gasteiger partial charge in [0.15, 0.2) is 0 Å². The highest BCUT2D eigenvalue weighted by Gasteiger charge is 2.41. The average molecular weight is 214 g/mol. The molecule has 1 aliphatic rings. The van der Waals surface area contributed by atoms with Gasteiger partial charge >= 0.3 is 0 Å². The van der Waals surface area contributed by atoms with Crippen molar-refractivity contribution in [1.82, 2.24) is 0 Å². The number of hydrogen-bond acceptors (Lipinski definition) is 3. The Balaban J connectivity index is 2.76. The van der Waals surface area contributed by atoms with E-state index in [9.17, 15) is 5.11 Å². The van der Waals surface area contributed by atoms with Gasteiger partial charge in [-0.05, 0) is 19.8 Å². The molecule has 0 bridgehead atoms. The van der Waals surface area contributed by atoms with Crippen molar-refractivity contribution in [2.24, 2.45) is 11.3 Å². The molecule has 0 aliphatic heterocycles. The summed E-state index contributed by atoms with van der Waals surface area (Å²) in [5, 5.41) is 9.31. The van der Waals surface area contributed by atoms with Crippen LogP contribution in [0.4, 0.5) is 0 Å². The maximum absolute atomic E-state index is 9.31. The van der Waals surface area contributed by atoms with Crippen molar-refractivity contribution in [3.05, 3.63) is 11.6 Å². The number of hydrogen-bond donors (Lipinski definition) is 1. The molecule has 1 N–H and O–H groups in total. The van der Waals surface area contributed by atoms with E-state index in [2.05, 4.69) is 6.08 Å². The van der Waals surface area contributed by atoms with Crippen LogP contribution in [0.3, 0.4) is 0 Å². The van der Waals surface area contributed by atoms with Gasteiger partial charge in [-0.2, -0.15) is 0 Å². The van der Waals surface area contributed by atoms with Crippen molar-refractivity contribution < 1.29 is 14.6 Å². The molecule has 1 fully saturated rings. The van der Waals surface area contributed by atoms with E-state index in [4.69, 9.17) is 9.47 Å². The summed E-state index contributed by atoms with van der Waals surface area (Å²) in [6.45, 7) is 3.67. The first kappa shape index (κ1) is 12.7. The minimum atomic E-state index is 0.0682. The lowest BCUT2D eigenvalue weighted by Crippen LogP contribution is -2.29. The maximum atomic E-state index is 9.31. The summed E-state index contributed by atoms with van der Waals surface area (Å²) in [7, 11) is 3.44. The molecule has 3 heteroatoms. The fourth-order valence-electron chi connectivity index (χ4n) is 2.70. The Kier molecular flexibility index (Phi) is 4.77. The first-order valence-electron chi connectivity index (χ1n) is 5.45. The van der Waals surface area contributed by atoms with E-state index in [0.717, 1.165) is 12.8 Å². The lowest BCUT2D eigenvalue weighted by atomic mass is 9.87. The summed E-state index contributed by atoms with van der Waals surface area (Å²) in [5.74, 6) is 0.292. The van der Waals surface area contributed by atoms with Gasteiger partial charge in [-0.3, -0.25) is 0 Å². The Bertz CT molecular complexity index is 217. The summed E-state index contributed by atoms with van der Waals surface area (Å²) in [5.41, 5.74) is 1.41. The van der Waals surface area contributed by atoms with Gasteiger partial charge in [0.2, 0.25) is 0 Å². The molecule has 1 aliphatic carbocycles. The van der Waals surface area contributed by atoms with Gasteiger partial charge in [-0.1, -0.05) is 11.6 Å². The molecular formula is C12H22O3. The molecule has 0 aromatic carbocycles. The topological polar surface area (TPSA) is 38.7 Å². The fraction of sp³-hybridized carbons (Fsp3) is 0.833. The van der Waals surface area contributed by atoms with Gasteiger partial charge in [0, 0.05) is 32.2 Å². The Hall–Kier alpha value is -0.380. The van der Waals surface area contributed by atoms with Gasteiger partial charge in [0.05, 0.1) is 13.2 Å². The summed E-state index contributed by atoms with van der Waals surface area (Å²) >= 11 is 0. The molecule has 0 radical (unpaired) electrons. The fourth-order valence-corrected chi connectivity index (χ4v) is 2.70. The molecular weight excluding hydrogens is 192 g/mol. The molecule has 0 aromatic heterocycles. The van der Waals surface area contributed by atoms with Crippen LogP contribution in [-0.4, -0.2) is 39.1 Å². The molecule has 0 aromatic rings. The van der Waals surface area contributed by atoms with Crippen LogP contribution in [0, 0.1) is 11.3 Å². The number of allylic oxidation sites excluding steroid dienone is 1. The highest BCUT2D eigenvalue weighted by atomic mass is 16.5. The summed E-state index contributed by atoms with van der Waals surface area (Å²) in [6.07, 6.45) is 4.06. The predicted octanol–water partition coefficient (Wildman–Crippen LogP) is 1.61. The molecule has 0 saturated heterocycles. The molecule has 0 amide bonds. The Morgan fingerprint density at radius 1 is 1.40 bits per heavy atom. The van der Waals surface area contributed by atoms with Gasteiger partial charge in [-0.15, -0.1) is 0 Å². The molecule has 1 atom stereocenters. The van der Waals surface area contributed by atoms with Crippen molar-refractivity contribution in [2.45, 2.75) is 19.8 Å². The number of methoxy groups -OCH3 is 2. The smallest absolute Gasteiger partial charge is 0.0544 e. The predicted molar refractivity (Wildman–Crippen MR) is 59.8 cm³/mol. The monoisotopic (exact) mass is 214 g/mol. The normalized spacial score (nSPS) is 27.5. The minimum absolute atomic E-state index is 0.0682. The Morgan fingerprint density at radius 2 is 2.00 bits per heavy atom. The summed E-state index contributed by atoms with van der Waals surface area (Å²) in [6, 6.07) is 0. The van der Waals surface area contributed by atoms with Crippen LogP contribution >= 0.6 is 0 Å². The minimum Gasteiger partial charge on any atom is -0.396 e. The molecule has 1 saturated carbocycles. The number of aliphatic hydroxyl groups is 1. The van der Waals surface area contributed by atoms with E-state index in [1.807, 2.05) is 6.92 Å². The zero-order valence-electron chi connectivity index (χ0n) is 9.95. The third-order valence-corrected chi connectivity index (χ3v) is 3.28. The van der Waals surface area contributed by atoms with E-state index in [-0.39, 0.29) is 12.0 Å². The van der Waals surface area contributed by atoms with E-state index in [1.54, 1.807) is 14.2 Å². The van der Waals surface area contributed by atoms with Crippen molar-refractivity contribution in [2.75, 3.05) is 34.0 Å². The third-order valence-electron chi connectivity index (χ3n) is 3.28. The van der Waals surface area contributed by atoms with Crippen LogP contribution in [0.1, 0.15) is 19.8 Å². The highest BCUT2D eigenvalue weighted by Crippen LogP contribution is 2.45. The van der Waals surface area contributed by atoms with Crippen LogP contribution in [0.25, 0.3) is 0 Å². The van der Waals surface area contributed by atoms with Crippen LogP contribution in [0.2, 0.25) is 0 Å². The van der Waals surface area contributed by atoms with E-state index >= 15 is 0 Å². The molecule has 15 heavy (non-hydrogen) atoms. The maximum Gasteiger partial charge on any atom is 0.0544 e. The molecule has 88 valence electrons. The molecule has 1 unspecified atom stereocenters. The van der Waals surface area contributed by atoms with Gasteiger partial charge < -0.3 is 14.6 Å². The van der Waals surface area contributed by atoms with Crippen molar-refractivity contribution in [1.29, 1.82) is 0 Å². The number of rotatable bonds is 5. The molecule has 0 spiro atoms. The Morgan fingerprint density at radius 3 is 2.33 bits per heavy atom. The lowest BCUT2D eigenvalue weighted by molar-refractivity contribution is 0.0109. The SMILES string of the molecule is CC=C1CC(COC)(COC)CC1CO. The van der Waals surface area contributed by atoms with Crippen LogP contribution < -0.4 is 0 Å². The average Bonchev–Trinajstić information content (AvgIpc) is 2.57. The summed E-state index contributed by atoms with van der Waals surface area (Å²) < 4.78 is 10.6. The highest BCUT2D eigenvalue weighted by molar-refractivity contribution is 5.16. The first-order valence-corrected chi connectivity index (χ1v) is 5.45. The largest absolute Gasteiger partial charge is 0.396 e. The third kappa shape index (κ3) is 2.80. The van der Waals surface area contributed by atoms with Gasteiger partial charge in [0.25, 0.3) is 0 Å². The molecule has 3 nitrogen and oxygen atoms in total. The van der Waals surface area contributed by atoms with Gasteiger partial charge in [-0.25, -0.2) is 0 Å². The van der Waals surface area contributed by atoms with Crippen molar-refractivity contribution in [3.8, 4) is 0 Å². The molecule has 0 heterocycles. The first-order chi connectivity index (χ1) is 7.21. The summed E-state index contributed by atoms with van der Waals surface area (Å²) in [4.78, 5) is 0.